The summed E-state index contributed by atoms with van der Waals surface area (Å²) in [4.78, 5) is 25.7. The summed E-state index contributed by atoms with van der Waals surface area (Å²) in [5, 5.41) is 12.4. The lowest BCUT2D eigenvalue weighted by Gasteiger charge is -2.40. The molecule has 0 aromatic heterocycles. The summed E-state index contributed by atoms with van der Waals surface area (Å²) < 4.78 is 12.6. The van der Waals surface area contributed by atoms with Crippen molar-refractivity contribution in [3.05, 3.63) is 57.0 Å². The van der Waals surface area contributed by atoms with Crippen molar-refractivity contribution in [1.29, 1.82) is 0 Å². The van der Waals surface area contributed by atoms with Crippen LogP contribution in [0.1, 0.15) is 48.1 Å². The zero-order valence-corrected chi connectivity index (χ0v) is 22.4. The van der Waals surface area contributed by atoms with Crippen molar-refractivity contribution >= 4 is 29.0 Å². The number of likely N-dealkylation sites (N-methyl/N-ethyl adjacent to an activating group) is 1. The van der Waals surface area contributed by atoms with Crippen molar-refractivity contribution < 1.29 is 24.2 Å². The van der Waals surface area contributed by atoms with Gasteiger partial charge >= 0.3 is 0 Å². The average Bonchev–Trinajstić information content (AvgIpc) is 3.17. The number of benzene rings is 2. The molecular formula is C28H34N2O5S. The number of carbonyl (C=O) groups is 2. The minimum absolute atomic E-state index is 0.315. The summed E-state index contributed by atoms with van der Waals surface area (Å²) in [7, 11) is 0. The van der Waals surface area contributed by atoms with E-state index in [-0.39, 0.29) is 16.7 Å². The number of thioether (sulfide) groups is 1. The van der Waals surface area contributed by atoms with E-state index in [4.69, 9.17) is 9.47 Å². The van der Waals surface area contributed by atoms with Gasteiger partial charge in [0.1, 0.15) is 29.5 Å². The zero-order chi connectivity index (χ0) is 26.0. The number of nitrogens with zero attached hydrogens (tertiary/aromatic N) is 1. The maximum Gasteiger partial charge on any atom is 0.290 e. The number of nitrogens with one attached hydrogen (secondary N) is 1. The Kier molecular flexibility index (Phi) is 7.66. The molecule has 36 heavy (non-hydrogen) atoms. The molecule has 1 unspecified atom stereocenters. The molecular weight excluding hydrogens is 476 g/mol. The molecule has 0 saturated carbocycles. The number of hydrogen-bond acceptors (Lipinski definition) is 7. The highest BCUT2D eigenvalue weighted by Crippen LogP contribution is 2.43. The molecule has 0 bridgehead atoms. The first kappa shape index (κ1) is 26.1. The number of phenols is 1. The van der Waals surface area contributed by atoms with Crippen LogP contribution in [0.2, 0.25) is 0 Å². The van der Waals surface area contributed by atoms with Gasteiger partial charge in [0, 0.05) is 18.7 Å². The first-order valence-electron chi connectivity index (χ1n) is 12.3. The fraction of sp³-hybridized carbons (Fsp3) is 0.429. The Morgan fingerprint density at radius 1 is 1.17 bits per heavy atom. The van der Waals surface area contributed by atoms with Crippen LogP contribution in [0.4, 0.5) is 4.79 Å². The topological polar surface area (TPSA) is 88.1 Å². The van der Waals surface area contributed by atoms with Crippen LogP contribution in [0.3, 0.4) is 0 Å². The summed E-state index contributed by atoms with van der Waals surface area (Å²) >= 11 is 0.908. The van der Waals surface area contributed by atoms with E-state index in [0.717, 1.165) is 83.6 Å². The van der Waals surface area contributed by atoms with Gasteiger partial charge < -0.3 is 14.6 Å². The molecule has 2 heterocycles. The van der Waals surface area contributed by atoms with Crippen LogP contribution in [0.25, 0.3) is 6.08 Å². The third kappa shape index (κ3) is 5.55. The molecule has 2 N–H and O–H groups in total. The van der Waals surface area contributed by atoms with E-state index in [2.05, 4.69) is 24.1 Å². The first-order chi connectivity index (χ1) is 17.1. The Morgan fingerprint density at radius 3 is 2.53 bits per heavy atom. The van der Waals surface area contributed by atoms with Crippen molar-refractivity contribution in [2.24, 2.45) is 0 Å². The molecule has 7 nitrogen and oxygen atoms in total. The van der Waals surface area contributed by atoms with Gasteiger partial charge in [-0.1, -0.05) is 19.1 Å². The van der Waals surface area contributed by atoms with E-state index in [9.17, 15) is 14.7 Å². The molecule has 2 amide bonds. The molecule has 0 spiro atoms. The SMILES string of the molecule is CCN(CCOc1ccc(/C=C2/SC(=O)NC2=O)cc1)CC1(C)CCc2c(C)c(O)c(C)c(C)c2O1. The maximum absolute atomic E-state index is 11.7. The molecule has 4 rings (SSSR count). The van der Waals surface area contributed by atoms with E-state index < -0.39 is 0 Å². The van der Waals surface area contributed by atoms with Crippen LogP contribution in [0.15, 0.2) is 29.2 Å². The van der Waals surface area contributed by atoms with Crippen molar-refractivity contribution in [3.63, 3.8) is 0 Å². The number of fused-ring (bicyclic) bond motifs is 1. The highest BCUT2D eigenvalue weighted by molar-refractivity contribution is 8.18. The quantitative estimate of drug-likeness (QED) is 0.476. The third-order valence-corrected chi connectivity index (χ3v) is 7.90. The minimum atomic E-state index is -0.359. The van der Waals surface area contributed by atoms with E-state index in [1.165, 1.54) is 0 Å². The number of ether oxygens (including phenoxy) is 2. The predicted octanol–water partition coefficient (Wildman–Crippen LogP) is 5.13. The lowest BCUT2D eigenvalue weighted by atomic mass is 9.87. The Hall–Kier alpha value is -2.97. The number of carbonyl (C=O) groups excluding carboxylic acids is 2. The summed E-state index contributed by atoms with van der Waals surface area (Å²) in [5.41, 5.74) is 4.47. The van der Waals surface area contributed by atoms with Crippen LogP contribution in [0.5, 0.6) is 17.2 Å². The zero-order valence-electron chi connectivity index (χ0n) is 21.6. The summed E-state index contributed by atoms with van der Waals surface area (Å²) in [6.07, 6.45) is 3.47. The van der Waals surface area contributed by atoms with Crippen molar-refractivity contribution in [3.8, 4) is 17.2 Å². The Bertz CT molecular complexity index is 1210. The van der Waals surface area contributed by atoms with Gasteiger partial charge in [-0.15, -0.1) is 0 Å². The number of rotatable bonds is 8. The second-order valence-electron chi connectivity index (χ2n) is 9.72. The fourth-order valence-corrected chi connectivity index (χ4v) is 5.44. The van der Waals surface area contributed by atoms with Crippen LogP contribution in [-0.4, -0.2) is 53.0 Å². The number of phenolic OH excluding ortho intramolecular Hbond substituents is 1. The summed E-state index contributed by atoms with van der Waals surface area (Å²) in [5.74, 6) is 1.70. The van der Waals surface area contributed by atoms with Gasteiger partial charge in [0.25, 0.3) is 11.1 Å². The number of aromatic hydroxyl groups is 1. The van der Waals surface area contributed by atoms with E-state index >= 15 is 0 Å². The molecule has 0 radical (unpaired) electrons. The average molecular weight is 511 g/mol. The maximum atomic E-state index is 11.7. The van der Waals surface area contributed by atoms with Crippen LogP contribution in [-0.2, 0) is 11.2 Å². The van der Waals surface area contributed by atoms with Gasteiger partial charge in [0.15, 0.2) is 0 Å². The molecule has 2 aromatic rings. The molecule has 2 aromatic carbocycles. The smallest absolute Gasteiger partial charge is 0.290 e. The van der Waals surface area contributed by atoms with Gasteiger partial charge in [-0.2, -0.15) is 0 Å². The van der Waals surface area contributed by atoms with Gasteiger partial charge in [-0.05, 0) is 99.3 Å². The molecule has 1 saturated heterocycles. The van der Waals surface area contributed by atoms with E-state index in [0.29, 0.717) is 17.3 Å². The second-order valence-corrected chi connectivity index (χ2v) is 10.7. The van der Waals surface area contributed by atoms with Crippen molar-refractivity contribution in [2.45, 2.75) is 53.1 Å². The Balaban J connectivity index is 1.33. The van der Waals surface area contributed by atoms with Gasteiger partial charge in [-0.25, -0.2) is 0 Å². The monoisotopic (exact) mass is 510 g/mol. The minimum Gasteiger partial charge on any atom is -0.507 e. The largest absolute Gasteiger partial charge is 0.507 e. The lowest BCUT2D eigenvalue weighted by Crippen LogP contribution is -2.48. The number of hydrogen-bond donors (Lipinski definition) is 2. The molecule has 2 aliphatic heterocycles. The molecule has 1 fully saturated rings. The first-order valence-corrected chi connectivity index (χ1v) is 13.1. The summed E-state index contributed by atoms with van der Waals surface area (Å²) in [6, 6.07) is 7.48. The lowest BCUT2D eigenvalue weighted by molar-refractivity contribution is -0.115. The molecule has 192 valence electrons. The Labute approximate surface area is 216 Å². The van der Waals surface area contributed by atoms with Gasteiger partial charge in [0.2, 0.25) is 0 Å². The van der Waals surface area contributed by atoms with Crippen molar-refractivity contribution in [2.75, 3.05) is 26.2 Å². The van der Waals surface area contributed by atoms with Crippen LogP contribution in [0, 0.1) is 20.8 Å². The predicted molar refractivity (Wildman–Crippen MR) is 143 cm³/mol. The second kappa shape index (κ2) is 10.6. The summed E-state index contributed by atoms with van der Waals surface area (Å²) in [6.45, 7) is 13.2. The van der Waals surface area contributed by atoms with E-state index in [1.54, 1.807) is 6.08 Å². The van der Waals surface area contributed by atoms with Crippen molar-refractivity contribution in [1.82, 2.24) is 10.2 Å². The fourth-order valence-electron chi connectivity index (χ4n) is 4.75. The van der Waals surface area contributed by atoms with E-state index in [1.807, 2.05) is 45.0 Å². The standard InChI is InChI=1S/C28H34N2O5S/c1-6-30(16-28(5)12-11-22-19(4)24(31)17(2)18(3)25(22)35-28)13-14-34-21-9-7-20(8-10-21)15-23-26(32)29-27(33)36-23/h7-10,15,31H,6,11-14,16H2,1-5H3,(H,29,32,33)/b23-15+. The highest BCUT2D eigenvalue weighted by Gasteiger charge is 2.35. The number of imide groups is 1. The number of amides is 2. The molecule has 1 atom stereocenters. The highest BCUT2D eigenvalue weighted by atomic mass is 32.2. The Morgan fingerprint density at radius 2 is 1.89 bits per heavy atom. The van der Waals surface area contributed by atoms with Crippen LogP contribution >= 0.6 is 11.8 Å². The normalized spacial score (nSPS) is 20.4. The molecule has 2 aliphatic rings. The third-order valence-electron chi connectivity index (χ3n) is 7.09. The molecule has 0 aliphatic carbocycles. The van der Waals surface area contributed by atoms with Gasteiger partial charge in [-0.3, -0.25) is 19.8 Å². The van der Waals surface area contributed by atoms with Crippen LogP contribution < -0.4 is 14.8 Å². The molecule has 8 heteroatoms. The van der Waals surface area contributed by atoms with Gasteiger partial charge in [0.05, 0.1) is 4.91 Å².